The quantitative estimate of drug-likeness (QED) is 0.472. The van der Waals surface area contributed by atoms with Crippen molar-refractivity contribution in [3.8, 4) is 0 Å². The number of likely N-dealkylation sites (tertiary alicyclic amines) is 1. The lowest BCUT2D eigenvalue weighted by Gasteiger charge is -2.37. The summed E-state index contributed by atoms with van der Waals surface area (Å²) in [6.07, 6.45) is 0.501. The van der Waals surface area contributed by atoms with Crippen LogP contribution in [0.15, 0.2) is 65.6 Å². The summed E-state index contributed by atoms with van der Waals surface area (Å²) in [6, 6.07) is 16.7. The second kappa shape index (κ2) is 10.4. The Morgan fingerprint density at radius 2 is 1.69 bits per heavy atom. The molecule has 3 atom stereocenters. The molecule has 0 radical (unpaired) electrons. The smallest absolute Gasteiger partial charge is 0.255 e. The Morgan fingerprint density at radius 3 is 2.36 bits per heavy atom. The third-order valence-corrected chi connectivity index (χ3v) is 8.27. The van der Waals surface area contributed by atoms with E-state index in [0.29, 0.717) is 41.5 Å². The van der Waals surface area contributed by atoms with E-state index in [2.05, 4.69) is 10.0 Å². The van der Waals surface area contributed by atoms with Crippen molar-refractivity contribution in [2.75, 3.05) is 18.4 Å². The van der Waals surface area contributed by atoms with E-state index < -0.39 is 16.1 Å². The number of rotatable bonds is 6. The number of anilines is 1. The van der Waals surface area contributed by atoms with Crippen molar-refractivity contribution in [1.82, 2.24) is 9.62 Å². The predicted octanol–water partition coefficient (Wildman–Crippen LogP) is 3.26. The molecular formula is C27H32N4O4S. The molecule has 8 nitrogen and oxygen atoms in total. The van der Waals surface area contributed by atoms with Gasteiger partial charge in [0.1, 0.15) is 0 Å². The van der Waals surface area contributed by atoms with Crippen LogP contribution >= 0.6 is 0 Å². The molecule has 36 heavy (non-hydrogen) atoms. The van der Waals surface area contributed by atoms with Crippen LogP contribution in [0.25, 0.3) is 10.8 Å². The van der Waals surface area contributed by atoms with Gasteiger partial charge < -0.3 is 16.0 Å². The Balaban J connectivity index is 1.58. The molecule has 1 aliphatic heterocycles. The first-order valence-corrected chi connectivity index (χ1v) is 13.5. The molecule has 0 unspecified atom stereocenters. The molecule has 4 rings (SSSR count). The zero-order valence-corrected chi connectivity index (χ0v) is 21.5. The predicted molar refractivity (Wildman–Crippen MR) is 141 cm³/mol. The van der Waals surface area contributed by atoms with Crippen LogP contribution in [-0.2, 0) is 14.8 Å². The number of piperidine rings is 1. The monoisotopic (exact) mass is 508 g/mol. The number of nitrogens with zero attached hydrogens (tertiary/aromatic N) is 1. The van der Waals surface area contributed by atoms with Crippen molar-refractivity contribution in [2.45, 2.75) is 44.2 Å². The number of hydrogen-bond acceptors (Lipinski definition) is 5. The largest absolute Gasteiger partial charge is 0.341 e. The van der Waals surface area contributed by atoms with Crippen molar-refractivity contribution in [1.29, 1.82) is 0 Å². The molecule has 190 valence electrons. The van der Waals surface area contributed by atoms with Gasteiger partial charge in [-0.05, 0) is 49.9 Å². The summed E-state index contributed by atoms with van der Waals surface area (Å²) in [4.78, 5) is 27.0. The SMILES string of the molecule is Cc1ccccc1C(=O)Nc1ccc(S(=O)(=O)N[C@H]2CCN(C(=O)[C@H](C)N)C[C@@H]2C)c2ccccc12. The summed E-state index contributed by atoms with van der Waals surface area (Å²) in [5.41, 5.74) is 7.68. The Bertz CT molecular complexity index is 1400. The number of sulfonamides is 1. The second-order valence-corrected chi connectivity index (χ2v) is 11.2. The second-order valence-electron chi connectivity index (χ2n) is 9.49. The summed E-state index contributed by atoms with van der Waals surface area (Å²) in [5, 5.41) is 4.08. The van der Waals surface area contributed by atoms with E-state index >= 15 is 0 Å². The maximum atomic E-state index is 13.5. The lowest BCUT2D eigenvalue weighted by molar-refractivity contribution is -0.134. The first kappa shape index (κ1) is 25.8. The first-order chi connectivity index (χ1) is 17.1. The number of aryl methyl sites for hydroxylation is 1. The highest BCUT2D eigenvalue weighted by atomic mass is 32.2. The van der Waals surface area contributed by atoms with Crippen molar-refractivity contribution in [2.24, 2.45) is 11.7 Å². The van der Waals surface area contributed by atoms with Crippen LogP contribution < -0.4 is 15.8 Å². The molecule has 4 N–H and O–H groups in total. The van der Waals surface area contributed by atoms with Gasteiger partial charge in [0, 0.05) is 41.2 Å². The summed E-state index contributed by atoms with van der Waals surface area (Å²) in [5.74, 6) is -0.457. The third kappa shape index (κ3) is 5.28. The number of carbonyl (C=O) groups excluding carboxylic acids is 2. The number of fused-ring (bicyclic) bond motifs is 1. The van der Waals surface area contributed by atoms with Gasteiger partial charge in [-0.2, -0.15) is 0 Å². The Labute approximate surface area is 211 Å². The number of carbonyl (C=O) groups is 2. The standard InChI is InChI=1S/C27H32N4O4S/c1-17-8-4-5-9-20(17)26(32)29-24-12-13-25(22-11-7-6-10-21(22)24)36(34,35)30-23-14-15-31(16-18(23)2)27(33)19(3)28/h4-13,18-19,23,30H,14-16,28H2,1-3H3,(H,29,32)/t18-,19-,23-/m0/s1. The molecule has 0 bridgehead atoms. The van der Waals surface area contributed by atoms with Crippen LogP contribution in [0.5, 0.6) is 0 Å². The first-order valence-electron chi connectivity index (χ1n) is 12.0. The van der Waals surface area contributed by atoms with Crippen LogP contribution in [-0.4, -0.2) is 50.3 Å². The summed E-state index contributed by atoms with van der Waals surface area (Å²) in [7, 11) is -3.87. The van der Waals surface area contributed by atoms with Crippen LogP contribution in [0, 0.1) is 12.8 Å². The number of nitrogens with two attached hydrogens (primary N) is 1. The number of nitrogens with one attached hydrogen (secondary N) is 2. The minimum Gasteiger partial charge on any atom is -0.341 e. The fraction of sp³-hybridized carbons (Fsp3) is 0.333. The van der Waals surface area contributed by atoms with E-state index in [4.69, 9.17) is 5.73 Å². The van der Waals surface area contributed by atoms with Gasteiger partial charge >= 0.3 is 0 Å². The van der Waals surface area contributed by atoms with Crippen LogP contribution in [0.4, 0.5) is 5.69 Å². The maximum Gasteiger partial charge on any atom is 0.255 e. The van der Waals surface area contributed by atoms with E-state index in [1.807, 2.05) is 32.0 Å². The summed E-state index contributed by atoms with van der Waals surface area (Å²) in [6.45, 7) is 6.34. The Morgan fingerprint density at radius 1 is 1.03 bits per heavy atom. The van der Waals surface area contributed by atoms with E-state index in [1.54, 1.807) is 48.2 Å². The topological polar surface area (TPSA) is 122 Å². The van der Waals surface area contributed by atoms with Crippen LogP contribution in [0.1, 0.15) is 36.2 Å². The van der Waals surface area contributed by atoms with Crippen molar-refractivity contribution < 1.29 is 18.0 Å². The van der Waals surface area contributed by atoms with Crippen LogP contribution in [0.2, 0.25) is 0 Å². The molecule has 1 saturated heterocycles. The molecule has 3 aromatic carbocycles. The van der Waals surface area contributed by atoms with Gasteiger partial charge in [-0.15, -0.1) is 0 Å². The van der Waals surface area contributed by atoms with Gasteiger partial charge in [0.2, 0.25) is 15.9 Å². The van der Waals surface area contributed by atoms with Gasteiger partial charge in [-0.1, -0.05) is 49.4 Å². The van der Waals surface area contributed by atoms with Gasteiger partial charge in [-0.3, -0.25) is 9.59 Å². The zero-order valence-electron chi connectivity index (χ0n) is 20.7. The lowest BCUT2D eigenvalue weighted by Crippen LogP contribution is -2.54. The number of amides is 2. The molecule has 9 heteroatoms. The molecule has 3 aromatic rings. The molecule has 1 heterocycles. The molecule has 2 amide bonds. The Hall–Kier alpha value is -3.27. The Kier molecular flexibility index (Phi) is 7.44. The minimum absolute atomic E-state index is 0.0739. The highest BCUT2D eigenvalue weighted by Crippen LogP contribution is 2.31. The summed E-state index contributed by atoms with van der Waals surface area (Å²) >= 11 is 0. The molecule has 1 aliphatic rings. The summed E-state index contributed by atoms with van der Waals surface area (Å²) < 4.78 is 29.8. The molecule has 1 fully saturated rings. The highest BCUT2D eigenvalue weighted by Gasteiger charge is 2.33. The molecule has 0 saturated carbocycles. The molecule has 0 spiro atoms. The molecular weight excluding hydrogens is 476 g/mol. The fourth-order valence-electron chi connectivity index (χ4n) is 4.70. The highest BCUT2D eigenvalue weighted by molar-refractivity contribution is 7.89. The van der Waals surface area contributed by atoms with E-state index in [9.17, 15) is 18.0 Å². The average molecular weight is 509 g/mol. The maximum absolute atomic E-state index is 13.5. The minimum atomic E-state index is -3.87. The average Bonchev–Trinajstić information content (AvgIpc) is 2.85. The van der Waals surface area contributed by atoms with Crippen molar-refractivity contribution >= 4 is 38.3 Å². The number of benzene rings is 3. The zero-order chi connectivity index (χ0) is 26.0. The van der Waals surface area contributed by atoms with Gasteiger partial charge in [0.05, 0.1) is 10.9 Å². The molecule has 0 aromatic heterocycles. The van der Waals surface area contributed by atoms with Gasteiger partial charge in [0.25, 0.3) is 5.91 Å². The van der Waals surface area contributed by atoms with Crippen molar-refractivity contribution in [3.05, 3.63) is 71.8 Å². The van der Waals surface area contributed by atoms with Gasteiger partial charge in [-0.25, -0.2) is 13.1 Å². The lowest BCUT2D eigenvalue weighted by atomic mass is 9.94. The van der Waals surface area contributed by atoms with E-state index in [-0.39, 0.29) is 28.7 Å². The third-order valence-electron chi connectivity index (χ3n) is 6.72. The van der Waals surface area contributed by atoms with Gasteiger partial charge in [0.15, 0.2) is 0 Å². The number of hydrogen-bond donors (Lipinski definition) is 3. The normalized spacial score (nSPS) is 19.2. The van der Waals surface area contributed by atoms with Crippen molar-refractivity contribution in [3.63, 3.8) is 0 Å². The van der Waals surface area contributed by atoms with Crippen LogP contribution in [0.3, 0.4) is 0 Å². The molecule has 0 aliphatic carbocycles. The fourth-order valence-corrected chi connectivity index (χ4v) is 6.29. The van der Waals surface area contributed by atoms with E-state index in [1.165, 1.54) is 6.07 Å². The van der Waals surface area contributed by atoms with E-state index in [0.717, 1.165) is 5.56 Å².